The summed E-state index contributed by atoms with van der Waals surface area (Å²) in [6.07, 6.45) is 1.27. The van der Waals surface area contributed by atoms with Crippen LogP contribution in [0.15, 0.2) is 24.5 Å². The number of nitro groups is 1. The Hall–Kier alpha value is -2.77. The molecule has 0 amide bonds. The zero-order valence-electron chi connectivity index (χ0n) is 11.1. The summed E-state index contributed by atoms with van der Waals surface area (Å²) in [5.41, 5.74) is 1.49. The summed E-state index contributed by atoms with van der Waals surface area (Å²) in [6, 6.07) is 5.61. The predicted molar refractivity (Wildman–Crippen MR) is 74.5 cm³/mol. The number of pyridine rings is 1. The van der Waals surface area contributed by atoms with Crippen molar-refractivity contribution in [2.75, 3.05) is 17.7 Å². The number of hydrogen-bond donors (Lipinski definition) is 2. The molecule has 104 valence electrons. The number of hydrogen-bond acceptors (Lipinski definition) is 7. The van der Waals surface area contributed by atoms with Crippen molar-refractivity contribution in [3.8, 4) is 0 Å². The maximum Gasteiger partial charge on any atom is 0.353 e. The van der Waals surface area contributed by atoms with E-state index in [2.05, 4.69) is 25.6 Å². The highest BCUT2D eigenvalue weighted by Gasteiger charge is 2.21. The van der Waals surface area contributed by atoms with Gasteiger partial charge in [-0.1, -0.05) is 6.07 Å². The highest BCUT2D eigenvalue weighted by molar-refractivity contribution is 5.68. The second kappa shape index (κ2) is 5.91. The maximum absolute atomic E-state index is 11.1. The van der Waals surface area contributed by atoms with Crippen LogP contribution in [-0.2, 0) is 6.54 Å². The quantitative estimate of drug-likeness (QED) is 0.631. The Morgan fingerprint density at radius 2 is 2.05 bits per heavy atom. The van der Waals surface area contributed by atoms with Crippen LogP contribution < -0.4 is 10.6 Å². The Bertz CT molecular complexity index is 631. The molecule has 0 fully saturated rings. The molecule has 2 heterocycles. The third-order valence-corrected chi connectivity index (χ3v) is 2.62. The summed E-state index contributed by atoms with van der Waals surface area (Å²) < 4.78 is 0. The molecule has 0 atom stereocenters. The van der Waals surface area contributed by atoms with E-state index >= 15 is 0 Å². The third-order valence-electron chi connectivity index (χ3n) is 2.62. The summed E-state index contributed by atoms with van der Waals surface area (Å²) in [6.45, 7) is 2.23. The lowest BCUT2D eigenvalue weighted by Crippen LogP contribution is -2.09. The van der Waals surface area contributed by atoms with Crippen LogP contribution in [0, 0.1) is 17.0 Å². The van der Waals surface area contributed by atoms with E-state index in [9.17, 15) is 10.1 Å². The van der Waals surface area contributed by atoms with E-state index in [1.165, 1.54) is 6.33 Å². The largest absolute Gasteiger partial charge is 0.367 e. The maximum atomic E-state index is 11.1. The van der Waals surface area contributed by atoms with Crippen LogP contribution in [0.1, 0.15) is 11.4 Å². The fraction of sp³-hybridized carbons (Fsp3) is 0.250. The van der Waals surface area contributed by atoms with Crippen molar-refractivity contribution < 1.29 is 4.92 Å². The van der Waals surface area contributed by atoms with E-state index in [0.717, 1.165) is 11.4 Å². The molecule has 8 nitrogen and oxygen atoms in total. The first-order valence-electron chi connectivity index (χ1n) is 5.95. The third kappa shape index (κ3) is 2.97. The van der Waals surface area contributed by atoms with E-state index in [0.29, 0.717) is 6.54 Å². The highest BCUT2D eigenvalue weighted by Crippen LogP contribution is 2.28. The Kier molecular flexibility index (Phi) is 4.04. The monoisotopic (exact) mass is 274 g/mol. The van der Waals surface area contributed by atoms with Crippen LogP contribution in [-0.4, -0.2) is 26.9 Å². The van der Waals surface area contributed by atoms with Crippen LogP contribution >= 0.6 is 0 Å². The van der Waals surface area contributed by atoms with Gasteiger partial charge in [-0.2, -0.15) is 0 Å². The van der Waals surface area contributed by atoms with E-state index in [4.69, 9.17) is 0 Å². The average Bonchev–Trinajstić information content (AvgIpc) is 2.44. The minimum atomic E-state index is -0.516. The smallest absolute Gasteiger partial charge is 0.353 e. The fourth-order valence-electron chi connectivity index (χ4n) is 1.74. The van der Waals surface area contributed by atoms with E-state index in [1.54, 1.807) is 7.05 Å². The van der Waals surface area contributed by atoms with Crippen molar-refractivity contribution in [1.29, 1.82) is 0 Å². The van der Waals surface area contributed by atoms with Crippen LogP contribution in [0.25, 0.3) is 0 Å². The van der Waals surface area contributed by atoms with Crippen molar-refractivity contribution in [3.63, 3.8) is 0 Å². The molecule has 0 aromatic carbocycles. The van der Waals surface area contributed by atoms with Gasteiger partial charge in [0.2, 0.25) is 11.6 Å². The minimum absolute atomic E-state index is 0.164. The molecule has 0 bridgehead atoms. The van der Waals surface area contributed by atoms with E-state index in [-0.39, 0.29) is 17.3 Å². The molecule has 0 unspecified atom stereocenters. The van der Waals surface area contributed by atoms with Crippen LogP contribution in [0.5, 0.6) is 0 Å². The molecule has 20 heavy (non-hydrogen) atoms. The van der Waals surface area contributed by atoms with Gasteiger partial charge in [0.05, 0.1) is 17.2 Å². The van der Waals surface area contributed by atoms with E-state index in [1.807, 2.05) is 25.1 Å². The van der Waals surface area contributed by atoms with Crippen molar-refractivity contribution in [2.45, 2.75) is 13.5 Å². The van der Waals surface area contributed by atoms with Gasteiger partial charge >= 0.3 is 5.69 Å². The molecule has 0 saturated heterocycles. The molecule has 8 heteroatoms. The van der Waals surface area contributed by atoms with Gasteiger partial charge in [0.15, 0.2) is 0 Å². The van der Waals surface area contributed by atoms with Gasteiger partial charge in [-0.15, -0.1) is 0 Å². The fourth-order valence-corrected chi connectivity index (χ4v) is 1.74. The molecule has 2 rings (SSSR count). The number of nitrogens with one attached hydrogen (secondary N) is 2. The summed E-state index contributed by atoms with van der Waals surface area (Å²) in [5.74, 6) is 0.336. The lowest BCUT2D eigenvalue weighted by atomic mass is 10.3. The molecule has 0 saturated carbocycles. The lowest BCUT2D eigenvalue weighted by molar-refractivity contribution is -0.383. The van der Waals surface area contributed by atoms with Crippen LogP contribution in [0.3, 0.4) is 0 Å². The van der Waals surface area contributed by atoms with Crippen LogP contribution in [0.2, 0.25) is 0 Å². The number of aromatic nitrogens is 3. The van der Waals surface area contributed by atoms with Gasteiger partial charge < -0.3 is 10.6 Å². The number of aryl methyl sites for hydroxylation is 1. The molecule has 2 aromatic rings. The molecule has 0 spiro atoms. The SMILES string of the molecule is CNc1ncnc(NCc2cccc(C)n2)c1[N+](=O)[O-]. The molecular weight excluding hydrogens is 260 g/mol. The normalized spacial score (nSPS) is 10.1. The van der Waals surface area contributed by atoms with Gasteiger partial charge in [0.25, 0.3) is 0 Å². The first-order chi connectivity index (χ1) is 9.61. The summed E-state index contributed by atoms with van der Waals surface area (Å²) in [5, 5.41) is 16.7. The molecule has 2 aromatic heterocycles. The molecule has 0 aliphatic rings. The predicted octanol–water partition coefficient (Wildman–Crippen LogP) is 1.74. The second-order valence-electron chi connectivity index (χ2n) is 4.05. The first kappa shape index (κ1) is 13.7. The minimum Gasteiger partial charge on any atom is -0.367 e. The van der Waals surface area contributed by atoms with Crippen molar-refractivity contribution in [2.24, 2.45) is 0 Å². The Labute approximate surface area is 115 Å². The standard InChI is InChI=1S/C12H14N6O2/c1-8-4-3-5-9(17-8)6-14-12-10(18(19)20)11(13-2)15-7-16-12/h3-5,7H,6H2,1-2H3,(H2,13,14,15,16). The molecular formula is C12H14N6O2. The summed E-state index contributed by atoms with van der Waals surface area (Å²) in [7, 11) is 1.57. The molecule has 0 radical (unpaired) electrons. The van der Waals surface area contributed by atoms with Gasteiger partial charge in [-0.05, 0) is 19.1 Å². The van der Waals surface area contributed by atoms with Gasteiger partial charge in [-0.3, -0.25) is 15.1 Å². The topological polar surface area (TPSA) is 106 Å². The van der Waals surface area contributed by atoms with Gasteiger partial charge in [-0.25, -0.2) is 9.97 Å². The molecule has 0 aliphatic carbocycles. The van der Waals surface area contributed by atoms with E-state index < -0.39 is 4.92 Å². The molecule has 2 N–H and O–H groups in total. The van der Waals surface area contributed by atoms with Crippen LogP contribution in [0.4, 0.5) is 17.3 Å². The Morgan fingerprint density at radius 1 is 1.30 bits per heavy atom. The zero-order valence-corrected chi connectivity index (χ0v) is 11.1. The second-order valence-corrected chi connectivity index (χ2v) is 4.05. The average molecular weight is 274 g/mol. The zero-order chi connectivity index (χ0) is 14.5. The molecule has 0 aliphatic heterocycles. The number of nitrogens with zero attached hydrogens (tertiary/aromatic N) is 4. The van der Waals surface area contributed by atoms with Crippen molar-refractivity contribution in [1.82, 2.24) is 15.0 Å². The van der Waals surface area contributed by atoms with Gasteiger partial charge in [0.1, 0.15) is 6.33 Å². The van der Waals surface area contributed by atoms with Crippen molar-refractivity contribution in [3.05, 3.63) is 46.0 Å². The summed E-state index contributed by atoms with van der Waals surface area (Å²) in [4.78, 5) is 22.6. The highest BCUT2D eigenvalue weighted by atomic mass is 16.6. The van der Waals surface area contributed by atoms with Gasteiger partial charge in [0, 0.05) is 12.7 Å². The summed E-state index contributed by atoms with van der Waals surface area (Å²) >= 11 is 0. The Morgan fingerprint density at radius 3 is 2.70 bits per heavy atom. The van der Waals surface area contributed by atoms with Crippen molar-refractivity contribution >= 4 is 17.3 Å². The first-order valence-corrected chi connectivity index (χ1v) is 5.95. The number of anilines is 2. The number of rotatable bonds is 5. The Balaban J connectivity index is 2.23. The lowest BCUT2D eigenvalue weighted by Gasteiger charge is -2.08.